The normalized spacial score (nSPS) is 18.8. The van der Waals surface area contributed by atoms with E-state index in [1.165, 1.54) is 0 Å². The minimum absolute atomic E-state index is 0.387. The van der Waals surface area contributed by atoms with E-state index in [2.05, 4.69) is 5.32 Å². The standard InChI is InChI=1S/C14H18F3NO2/c15-14(16,17)13(19)9-18-12-3-1-2-11(8-12)10-4-6-20-7-5-10/h1-3,8,10,13,18-19H,4-7,9H2/t13-/m1/s1. The van der Waals surface area contributed by atoms with E-state index in [9.17, 15) is 13.2 Å². The zero-order valence-electron chi connectivity index (χ0n) is 11.0. The molecule has 1 saturated heterocycles. The maximum absolute atomic E-state index is 12.2. The summed E-state index contributed by atoms with van der Waals surface area (Å²) in [5, 5.41) is 11.6. The van der Waals surface area contributed by atoms with Crippen molar-refractivity contribution in [2.24, 2.45) is 0 Å². The van der Waals surface area contributed by atoms with Crippen molar-refractivity contribution in [1.29, 1.82) is 0 Å². The van der Waals surface area contributed by atoms with Crippen molar-refractivity contribution in [3.8, 4) is 0 Å². The van der Waals surface area contributed by atoms with Crippen LogP contribution in [0.5, 0.6) is 0 Å². The summed E-state index contributed by atoms with van der Waals surface area (Å²) in [6.07, 6.45) is -5.09. The van der Waals surface area contributed by atoms with Crippen LogP contribution in [-0.2, 0) is 4.74 Å². The number of halogens is 3. The fourth-order valence-electron chi connectivity index (χ4n) is 2.26. The second-order valence-corrected chi connectivity index (χ2v) is 4.95. The molecular weight excluding hydrogens is 271 g/mol. The molecule has 3 nitrogen and oxygen atoms in total. The fraction of sp³-hybridized carbons (Fsp3) is 0.571. The van der Waals surface area contributed by atoms with Gasteiger partial charge in [-0.15, -0.1) is 0 Å². The van der Waals surface area contributed by atoms with Gasteiger partial charge in [0.1, 0.15) is 0 Å². The predicted molar refractivity (Wildman–Crippen MR) is 69.8 cm³/mol. The molecule has 1 aromatic rings. The molecule has 2 rings (SSSR count). The molecular formula is C14H18F3NO2. The molecule has 112 valence electrons. The summed E-state index contributed by atoms with van der Waals surface area (Å²) >= 11 is 0. The van der Waals surface area contributed by atoms with Gasteiger partial charge in [0.05, 0.1) is 0 Å². The summed E-state index contributed by atoms with van der Waals surface area (Å²) in [5.74, 6) is 0.387. The Labute approximate surface area is 115 Å². The molecule has 6 heteroatoms. The van der Waals surface area contributed by atoms with E-state index in [1.807, 2.05) is 18.2 Å². The number of hydrogen-bond acceptors (Lipinski definition) is 3. The largest absolute Gasteiger partial charge is 0.416 e. The third-order valence-corrected chi connectivity index (χ3v) is 3.46. The number of aliphatic hydroxyl groups is 1. The molecule has 0 unspecified atom stereocenters. The number of aliphatic hydroxyl groups excluding tert-OH is 1. The van der Waals surface area contributed by atoms with Gasteiger partial charge in [-0.25, -0.2) is 0 Å². The third-order valence-electron chi connectivity index (χ3n) is 3.46. The Morgan fingerprint density at radius 1 is 1.30 bits per heavy atom. The van der Waals surface area contributed by atoms with Gasteiger partial charge in [0.25, 0.3) is 0 Å². The summed E-state index contributed by atoms with van der Waals surface area (Å²) in [4.78, 5) is 0. The Kier molecular flexibility index (Phi) is 4.88. The van der Waals surface area contributed by atoms with Crippen molar-refractivity contribution in [2.75, 3.05) is 25.1 Å². The number of rotatable bonds is 4. The van der Waals surface area contributed by atoms with Crippen LogP contribution in [0.2, 0.25) is 0 Å². The van der Waals surface area contributed by atoms with Crippen molar-refractivity contribution in [3.05, 3.63) is 29.8 Å². The molecule has 1 atom stereocenters. The SMILES string of the molecule is O[C@H](CNc1cccc(C2CCOCC2)c1)C(F)(F)F. The lowest BCUT2D eigenvalue weighted by molar-refractivity contribution is -0.198. The molecule has 0 spiro atoms. The number of anilines is 1. The first-order valence-corrected chi connectivity index (χ1v) is 6.63. The zero-order chi connectivity index (χ0) is 14.6. The fourth-order valence-corrected chi connectivity index (χ4v) is 2.26. The van der Waals surface area contributed by atoms with Crippen LogP contribution in [-0.4, -0.2) is 37.1 Å². The van der Waals surface area contributed by atoms with E-state index in [0.717, 1.165) is 31.6 Å². The number of hydrogen-bond donors (Lipinski definition) is 2. The Balaban J connectivity index is 1.95. The Morgan fingerprint density at radius 2 is 2.00 bits per heavy atom. The molecule has 0 saturated carbocycles. The van der Waals surface area contributed by atoms with Gasteiger partial charge in [-0.05, 0) is 36.5 Å². The topological polar surface area (TPSA) is 41.5 Å². The van der Waals surface area contributed by atoms with Gasteiger partial charge >= 0.3 is 6.18 Å². The van der Waals surface area contributed by atoms with E-state index in [1.54, 1.807) is 6.07 Å². The second kappa shape index (κ2) is 6.45. The molecule has 0 radical (unpaired) electrons. The number of ether oxygens (including phenoxy) is 1. The molecule has 1 fully saturated rings. The van der Waals surface area contributed by atoms with Gasteiger partial charge in [-0.1, -0.05) is 12.1 Å². The highest BCUT2D eigenvalue weighted by Crippen LogP contribution is 2.28. The van der Waals surface area contributed by atoms with E-state index in [0.29, 0.717) is 11.6 Å². The minimum Gasteiger partial charge on any atom is -0.382 e. The van der Waals surface area contributed by atoms with Crippen molar-refractivity contribution in [2.45, 2.75) is 31.0 Å². The van der Waals surface area contributed by atoms with Gasteiger partial charge in [-0.2, -0.15) is 13.2 Å². The average Bonchev–Trinajstić information content (AvgIpc) is 2.45. The zero-order valence-corrected chi connectivity index (χ0v) is 11.0. The molecule has 20 heavy (non-hydrogen) atoms. The first kappa shape index (κ1) is 15.1. The summed E-state index contributed by atoms with van der Waals surface area (Å²) in [6, 6.07) is 7.33. The smallest absolute Gasteiger partial charge is 0.382 e. The lowest BCUT2D eigenvalue weighted by Crippen LogP contribution is -2.35. The Hall–Kier alpha value is -1.27. The van der Waals surface area contributed by atoms with Crippen LogP contribution in [0.15, 0.2) is 24.3 Å². The molecule has 0 aromatic heterocycles. The molecule has 0 aliphatic carbocycles. The van der Waals surface area contributed by atoms with Crippen molar-refractivity contribution >= 4 is 5.69 Å². The van der Waals surface area contributed by atoms with Crippen molar-refractivity contribution in [1.82, 2.24) is 0 Å². The van der Waals surface area contributed by atoms with Crippen LogP contribution >= 0.6 is 0 Å². The average molecular weight is 289 g/mol. The lowest BCUT2D eigenvalue weighted by atomic mass is 9.91. The van der Waals surface area contributed by atoms with Gasteiger partial charge in [-0.3, -0.25) is 0 Å². The van der Waals surface area contributed by atoms with Gasteiger partial charge < -0.3 is 15.2 Å². The molecule has 0 bridgehead atoms. The first-order valence-electron chi connectivity index (χ1n) is 6.63. The van der Waals surface area contributed by atoms with Gasteiger partial charge in [0.15, 0.2) is 6.10 Å². The molecule has 1 aliphatic rings. The number of benzene rings is 1. The van der Waals surface area contributed by atoms with Crippen LogP contribution in [0.25, 0.3) is 0 Å². The summed E-state index contributed by atoms with van der Waals surface area (Å²) in [6.45, 7) is 0.894. The van der Waals surface area contributed by atoms with Crippen LogP contribution in [0.4, 0.5) is 18.9 Å². The highest BCUT2D eigenvalue weighted by atomic mass is 19.4. The quantitative estimate of drug-likeness (QED) is 0.895. The van der Waals surface area contributed by atoms with Crippen LogP contribution in [0, 0.1) is 0 Å². The number of alkyl halides is 3. The Morgan fingerprint density at radius 3 is 2.65 bits per heavy atom. The van der Waals surface area contributed by atoms with Crippen LogP contribution in [0.1, 0.15) is 24.3 Å². The van der Waals surface area contributed by atoms with E-state index < -0.39 is 18.8 Å². The molecule has 1 aliphatic heterocycles. The molecule has 0 amide bonds. The second-order valence-electron chi connectivity index (χ2n) is 4.95. The molecule has 2 N–H and O–H groups in total. The van der Waals surface area contributed by atoms with Crippen molar-refractivity contribution < 1.29 is 23.0 Å². The lowest BCUT2D eigenvalue weighted by Gasteiger charge is -2.23. The summed E-state index contributed by atoms with van der Waals surface area (Å²) in [7, 11) is 0. The molecule has 1 heterocycles. The Bertz CT molecular complexity index is 431. The van der Waals surface area contributed by atoms with Gasteiger partial charge in [0.2, 0.25) is 0 Å². The van der Waals surface area contributed by atoms with Crippen molar-refractivity contribution in [3.63, 3.8) is 0 Å². The minimum atomic E-state index is -4.59. The summed E-state index contributed by atoms with van der Waals surface area (Å²) in [5.41, 5.74) is 1.69. The predicted octanol–water partition coefficient (Wildman–Crippen LogP) is 2.92. The molecule has 1 aromatic carbocycles. The summed E-state index contributed by atoms with van der Waals surface area (Å²) < 4.78 is 41.9. The van der Waals surface area contributed by atoms with E-state index >= 15 is 0 Å². The third kappa shape index (κ3) is 4.11. The monoisotopic (exact) mass is 289 g/mol. The highest BCUT2D eigenvalue weighted by Gasteiger charge is 2.37. The van der Waals surface area contributed by atoms with E-state index in [-0.39, 0.29) is 0 Å². The maximum Gasteiger partial charge on any atom is 0.416 e. The van der Waals surface area contributed by atoms with Crippen LogP contribution in [0.3, 0.4) is 0 Å². The van der Waals surface area contributed by atoms with E-state index in [4.69, 9.17) is 9.84 Å². The number of nitrogens with one attached hydrogen (secondary N) is 1. The highest BCUT2D eigenvalue weighted by molar-refractivity contribution is 5.46. The first-order chi connectivity index (χ1) is 9.47. The maximum atomic E-state index is 12.2. The van der Waals surface area contributed by atoms with Gasteiger partial charge in [0, 0.05) is 25.4 Å². The van der Waals surface area contributed by atoms with Crippen LogP contribution < -0.4 is 5.32 Å².